The average Bonchev–Trinajstić information content (AvgIpc) is 2.44. The smallest absolute Gasteiger partial charge is 0.270 e. The number of methoxy groups -OCH3 is 1. The van der Waals surface area contributed by atoms with E-state index in [1.165, 1.54) is 0 Å². The third-order valence-electron chi connectivity index (χ3n) is 2.72. The van der Waals surface area contributed by atoms with Gasteiger partial charge in [-0.2, -0.15) is 0 Å². The summed E-state index contributed by atoms with van der Waals surface area (Å²) in [5.41, 5.74) is 0.454. The molecule has 0 saturated heterocycles. The lowest BCUT2D eigenvalue weighted by molar-refractivity contribution is 0.0947. The Kier molecular flexibility index (Phi) is 4.87. The number of carbonyl (C=O) groups is 1. The van der Waals surface area contributed by atoms with E-state index in [1.807, 2.05) is 30.3 Å². The second-order valence-corrected chi connectivity index (χ2v) is 5.44. The van der Waals surface area contributed by atoms with E-state index in [1.54, 1.807) is 13.3 Å². The minimum Gasteiger partial charge on any atom is -0.383 e. The second kappa shape index (κ2) is 6.63. The van der Waals surface area contributed by atoms with Gasteiger partial charge < -0.3 is 10.1 Å². The zero-order chi connectivity index (χ0) is 13.7. The third kappa shape index (κ3) is 3.52. The number of hydrogen-bond acceptors (Lipinski definition) is 3. The van der Waals surface area contributed by atoms with Crippen LogP contribution in [-0.4, -0.2) is 36.0 Å². The van der Waals surface area contributed by atoms with Crippen LogP contribution in [0, 0.1) is 0 Å². The summed E-state index contributed by atoms with van der Waals surface area (Å²) >= 11 is 3.43. The van der Waals surface area contributed by atoms with Crippen molar-refractivity contribution < 1.29 is 9.53 Å². The molecule has 0 bridgehead atoms. The monoisotopic (exact) mass is 322 g/mol. The number of amides is 1. The molecular formula is C14H15BrN2O2. The summed E-state index contributed by atoms with van der Waals surface area (Å²) in [4.78, 5) is 16.4. The molecule has 1 heterocycles. The molecule has 0 saturated carbocycles. The van der Waals surface area contributed by atoms with Crippen molar-refractivity contribution in [2.75, 3.05) is 20.3 Å². The quantitative estimate of drug-likeness (QED) is 0.860. The van der Waals surface area contributed by atoms with E-state index in [0.29, 0.717) is 18.8 Å². The highest BCUT2D eigenvalue weighted by molar-refractivity contribution is 9.09. The lowest BCUT2D eigenvalue weighted by Gasteiger charge is -2.10. The van der Waals surface area contributed by atoms with E-state index in [0.717, 1.165) is 10.8 Å². The SMILES string of the molecule is COCC(Br)CNC(=O)c1nccc2ccccc12. The van der Waals surface area contributed by atoms with Crippen LogP contribution in [0.5, 0.6) is 0 Å². The fourth-order valence-corrected chi connectivity index (χ4v) is 2.25. The number of alkyl halides is 1. The first-order valence-corrected chi connectivity index (χ1v) is 6.89. The average molecular weight is 323 g/mol. The first-order valence-electron chi connectivity index (χ1n) is 5.97. The van der Waals surface area contributed by atoms with E-state index in [-0.39, 0.29) is 10.7 Å². The van der Waals surface area contributed by atoms with Crippen molar-refractivity contribution in [2.24, 2.45) is 0 Å². The number of pyridine rings is 1. The van der Waals surface area contributed by atoms with E-state index in [2.05, 4.69) is 26.2 Å². The number of fused-ring (bicyclic) bond motifs is 1. The van der Waals surface area contributed by atoms with Crippen molar-refractivity contribution in [2.45, 2.75) is 4.83 Å². The maximum Gasteiger partial charge on any atom is 0.270 e. The number of ether oxygens (including phenoxy) is 1. The fourth-order valence-electron chi connectivity index (χ4n) is 1.83. The molecule has 0 fully saturated rings. The van der Waals surface area contributed by atoms with Crippen molar-refractivity contribution in [3.8, 4) is 0 Å². The van der Waals surface area contributed by atoms with Crippen LogP contribution in [0.1, 0.15) is 10.5 Å². The van der Waals surface area contributed by atoms with Gasteiger partial charge in [-0.15, -0.1) is 0 Å². The minimum atomic E-state index is -0.169. The van der Waals surface area contributed by atoms with Crippen LogP contribution in [0.2, 0.25) is 0 Å². The second-order valence-electron chi connectivity index (χ2n) is 4.14. The van der Waals surface area contributed by atoms with Crippen LogP contribution < -0.4 is 5.32 Å². The van der Waals surface area contributed by atoms with Gasteiger partial charge in [-0.1, -0.05) is 40.2 Å². The van der Waals surface area contributed by atoms with Crippen molar-refractivity contribution in [1.82, 2.24) is 10.3 Å². The molecule has 0 spiro atoms. The van der Waals surface area contributed by atoms with Crippen LogP contribution >= 0.6 is 15.9 Å². The molecule has 0 aliphatic heterocycles. The number of benzene rings is 1. The predicted molar refractivity (Wildman–Crippen MR) is 78.7 cm³/mol. The van der Waals surface area contributed by atoms with Gasteiger partial charge in [0.2, 0.25) is 0 Å². The van der Waals surface area contributed by atoms with Gasteiger partial charge in [0.05, 0.1) is 11.4 Å². The van der Waals surface area contributed by atoms with Gasteiger partial charge in [-0.05, 0) is 11.5 Å². The van der Waals surface area contributed by atoms with Crippen LogP contribution in [0.4, 0.5) is 0 Å². The molecule has 0 radical (unpaired) electrons. The summed E-state index contributed by atoms with van der Waals surface area (Å²) in [5.74, 6) is -0.169. The number of carbonyl (C=O) groups excluding carboxylic acids is 1. The zero-order valence-electron chi connectivity index (χ0n) is 10.6. The first-order chi connectivity index (χ1) is 9.22. The minimum absolute atomic E-state index is 0.0939. The van der Waals surface area contributed by atoms with Gasteiger partial charge in [0.15, 0.2) is 0 Å². The van der Waals surface area contributed by atoms with Crippen molar-refractivity contribution in [3.05, 3.63) is 42.2 Å². The maximum atomic E-state index is 12.1. The number of nitrogens with one attached hydrogen (secondary N) is 1. The standard InChI is InChI=1S/C14H15BrN2O2/c1-19-9-11(15)8-17-14(18)13-12-5-3-2-4-10(12)6-7-16-13/h2-7,11H,8-9H2,1H3,(H,17,18). The maximum absolute atomic E-state index is 12.1. The Morgan fingerprint density at radius 1 is 1.42 bits per heavy atom. The van der Waals surface area contributed by atoms with Crippen molar-refractivity contribution in [1.29, 1.82) is 0 Å². The van der Waals surface area contributed by atoms with Gasteiger partial charge in [0.1, 0.15) is 5.69 Å². The highest BCUT2D eigenvalue weighted by atomic mass is 79.9. The van der Waals surface area contributed by atoms with Crippen LogP contribution in [-0.2, 0) is 4.74 Å². The van der Waals surface area contributed by atoms with E-state index in [9.17, 15) is 4.79 Å². The Morgan fingerprint density at radius 2 is 2.21 bits per heavy atom. The van der Waals surface area contributed by atoms with Crippen molar-refractivity contribution in [3.63, 3.8) is 0 Å². The molecule has 100 valence electrons. The number of halogens is 1. The van der Waals surface area contributed by atoms with Crippen LogP contribution in [0.15, 0.2) is 36.5 Å². The Hall–Kier alpha value is -1.46. The van der Waals surface area contributed by atoms with Crippen LogP contribution in [0.3, 0.4) is 0 Å². The Bertz CT molecular complexity index is 569. The molecular weight excluding hydrogens is 308 g/mol. The molecule has 0 aliphatic carbocycles. The first kappa shape index (κ1) is 14.0. The summed E-state index contributed by atoms with van der Waals surface area (Å²) in [6.45, 7) is 1.04. The molecule has 2 rings (SSSR count). The number of nitrogens with zero attached hydrogens (tertiary/aromatic N) is 1. The zero-order valence-corrected chi connectivity index (χ0v) is 12.2. The fraction of sp³-hybridized carbons (Fsp3) is 0.286. The molecule has 1 N–H and O–H groups in total. The number of hydrogen-bond donors (Lipinski definition) is 1. The molecule has 2 aromatic rings. The summed E-state index contributed by atoms with van der Waals surface area (Å²) in [7, 11) is 1.63. The summed E-state index contributed by atoms with van der Waals surface area (Å²) in [6.07, 6.45) is 1.65. The summed E-state index contributed by atoms with van der Waals surface area (Å²) < 4.78 is 5.00. The molecule has 19 heavy (non-hydrogen) atoms. The van der Waals surface area contributed by atoms with E-state index in [4.69, 9.17) is 4.74 Å². The molecule has 1 aromatic carbocycles. The third-order valence-corrected chi connectivity index (χ3v) is 3.31. The van der Waals surface area contributed by atoms with Gasteiger partial charge in [0.25, 0.3) is 5.91 Å². The van der Waals surface area contributed by atoms with E-state index < -0.39 is 0 Å². The molecule has 0 aliphatic rings. The summed E-state index contributed by atoms with van der Waals surface area (Å²) in [5, 5.41) is 4.72. The summed E-state index contributed by atoms with van der Waals surface area (Å²) in [6, 6.07) is 9.60. The normalized spacial score (nSPS) is 12.3. The Morgan fingerprint density at radius 3 is 3.00 bits per heavy atom. The molecule has 1 aromatic heterocycles. The lowest BCUT2D eigenvalue weighted by Crippen LogP contribution is -2.32. The molecule has 4 nitrogen and oxygen atoms in total. The van der Waals surface area contributed by atoms with Gasteiger partial charge in [0, 0.05) is 25.2 Å². The predicted octanol–water partition coefficient (Wildman–Crippen LogP) is 2.37. The largest absolute Gasteiger partial charge is 0.383 e. The van der Waals surface area contributed by atoms with Gasteiger partial charge >= 0.3 is 0 Å². The van der Waals surface area contributed by atoms with Gasteiger partial charge in [-0.3, -0.25) is 9.78 Å². The molecule has 1 amide bonds. The Balaban J connectivity index is 2.13. The Labute approximate surface area is 120 Å². The molecule has 1 atom stereocenters. The highest BCUT2D eigenvalue weighted by Crippen LogP contribution is 2.16. The van der Waals surface area contributed by atoms with Gasteiger partial charge in [-0.25, -0.2) is 0 Å². The van der Waals surface area contributed by atoms with Crippen molar-refractivity contribution >= 4 is 32.6 Å². The lowest BCUT2D eigenvalue weighted by atomic mass is 10.1. The topological polar surface area (TPSA) is 51.2 Å². The van der Waals surface area contributed by atoms with E-state index >= 15 is 0 Å². The number of rotatable bonds is 5. The number of aromatic nitrogens is 1. The van der Waals surface area contributed by atoms with Crippen LogP contribution in [0.25, 0.3) is 10.8 Å². The molecule has 5 heteroatoms. The molecule has 1 unspecified atom stereocenters. The highest BCUT2D eigenvalue weighted by Gasteiger charge is 2.12.